The molecule has 0 bridgehead atoms. The Balaban J connectivity index is 2.44. The van der Waals surface area contributed by atoms with Gasteiger partial charge in [0.15, 0.2) is 0 Å². The number of hydrogen-bond donors (Lipinski definition) is 1. The highest BCUT2D eigenvalue weighted by atomic mass is 35.5. The van der Waals surface area contributed by atoms with Crippen LogP contribution in [0, 0.1) is 0 Å². The second-order valence-electron chi connectivity index (χ2n) is 3.28. The van der Waals surface area contributed by atoms with Crippen LogP contribution in [-0.2, 0) is 0 Å². The first-order chi connectivity index (χ1) is 7.68. The summed E-state index contributed by atoms with van der Waals surface area (Å²) in [7, 11) is 0. The van der Waals surface area contributed by atoms with Gasteiger partial charge in [-0.25, -0.2) is 0 Å². The summed E-state index contributed by atoms with van der Waals surface area (Å²) in [5, 5.41) is 0.479. The Morgan fingerprint density at radius 3 is 2.69 bits per heavy atom. The average Bonchev–Trinajstić information content (AvgIpc) is 2.29. The van der Waals surface area contributed by atoms with Crippen molar-refractivity contribution in [1.82, 2.24) is 4.98 Å². The van der Waals surface area contributed by atoms with Crippen LogP contribution in [0.3, 0.4) is 0 Å². The molecule has 2 rings (SSSR count). The molecule has 1 aromatic heterocycles. The van der Waals surface area contributed by atoms with E-state index in [1.54, 1.807) is 30.3 Å². The van der Waals surface area contributed by atoms with Crippen LogP contribution < -0.4 is 5.73 Å². The molecule has 0 radical (unpaired) electrons. The molecule has 0 spiro atoms. The minimum atomic E-state index is -0.222. The number of para-hydroxylation sites is 1. The number of aromatic nitrogens is 1. The van der Waals surface area contributed by atoms with Crippen LogP contribution in [0.25, 0.3) is 0 Å². The number of ketones is 1. The molecule has 80 valence electrons. The first-order valence-electron chi connectivity index (χ1n) is 4.69. The Bertz CT molecular complexity index is 540. The molecular weight excluding hydrogens is 224 g/mol. The SMILES string of the molecule is Nc1ccccc1C(=O)c1cc(Cl)ccn1. The molecular formula is C12H9ClN2O. The Morgan fingerprint density at radius 2 is 2.00 bits per heavy atom. The number of nitrogens with two attached hydrogens (primary N) is 1. The maximum atomic E-state index is 12.0. The molecule has 0 saturated heterocycles. The number of anilines is 1. The van der Waals surface area contributed by atoms with Gasteiger partial charge in [0, 0.05) is 22.5 Å². The van der Waals surface area contributed by atoms with Gasteiger partial charge in [-0.3, -0.25) is 9.78 Å². The maximum absolute atomic E-state index is 12.0. The van der Waals surface area contributed by atoms with E-state index >= 15 is 0 Å². The second kappa shape index (κ2) is 4.33. The minimum Gasteiger partial charge on any atom is -0.398 e. The van der Waals surface area contributed by atoms with Gasteiger partial charge in [0.25, 0.3) is 0 Å². The van der Waals surface area contributed by atoms with Crippen LogP contribution in [-0.4, -0.2) is 10.8 Å². The van der Waals surface area contributed by atoms with Crippen molar-refractivity contribution in [1.29, 1.82) is 0 Å². The molecule has 0 saturated carbocycles. The minimum absolute atomic E-state index is 0.222. The fourth-order valence-electron chi connectivity index (χ4n) is 1.37. The molecule has 0 aliphatic rings. The topological polar surface area (TPSA) is 56.0 Å². The number of halogens is 1. The lowest BCUT2D eigenvalue weighted by atomic mass is 10.1. The van der Waals surface area contributed by atoms with Crippen molar-refractivity contribution < 1.29 is 4.79 Å². The monoisotopic (exact) mass is 232 g/mol. The van der Waals surface area contributed by atoms with Crippen LogP contribution in [0.5, 0.6) is 0 Å². The van der Waals surface area contributed by atoms with Crippen molar-refractivity contribution in [3.63, 3.8) is 0 Å². The fourth-order valence-corrected chi connectivity index (χ4v) is 1.53. The zero-order valence-corrected chi connectivity index (χ0v) is 9.11. The summed E-state index contributed by atoms with van der Waals surface area (Å²) in [6.45, 7) is 0. The Labute approximate surface area is 97.9 Å². The number of rotatable bonds is 2. The van der Waals surface area contributed by atoms with Crippen LogP contribution in [0.1, 0.15) is 16.1 Å². The lowest BCUT2D eigenvalue weighted by Crippen LogP contribution is -2.06. The molecule has 0 aliphatic heterocycles. The number of pyridine rings is 1. The van der Waals surface area contributed by atoms with Gasteiger partial charge in [0.1, 0.15) is 5.69 Å². The molecule has 0 amide bonds. The van der Waals surface area contributed by atoms with E-state index in [9.17, 15) is 4.79 Å². The standard InChI is InChI=1S/C12H9ClN2O/c13-8-5-6-15-11(7-8)12(16)9-3-1-2-4-10(9)14/h1-7H,14H2. The van der Waals surface area contributed by atoms with Crippen molar-refractivity contribution in [2.75, 3.05) is 5.73 Å². The summed E-state index contributed by atoms with van der Waals surface area (Å²) < 4.78 is 0. The summed E-state index contributed by atoms with van der Waals surface area (Å²) in [5.41, 5.74) is 6.89. The van der Waals surface area contributed by atoms with Crippen molar-refractivity contribution in [2.24, 2.45) is 0 Å². The highest BCUT2D eigenvalue weighted by Gasteiger charge is 2.12. The summed E-state index contributed by atoms with van der Waals surface area (Å²) in [6.07, 6.45) is 1.49. The van der Waals surface area contributed by atoms with Crippen molar-refractivity contribution in [2.45, 2.75) is 0 Å². The molecule has 0 aliphatic carbocycles. The normalized spacial score (nSPS) is 10.1. The predicted octanol–water partition coefficient (Wildman–Crippen LogP) is 2.55. The van der Waals surface area contributed by atoms with Crippen LogP contribution in [0.4, 0.5) is 5.69 Å². The first kappa shape index (κ1) is 10.6. The van der Waals surface area contributed by atoms with E-state index in [0.717, 1.165) is 0 Å². The van der Waals surface area contributed by atoms with E-state index in [2.05, 4.69) is 4.98 Å². The summed E-state index contributed by atoms with van der Waals surface area (Å²) in [4.78, 5) is 16.0. The number of nitrogens with zero attached hydrogens (tertiary/aromatic N) is 1. The summed E-state index contributed by atoms with van der Waals surface area (Å²) in [5.74, 6) is -0.222. The van der Waals surface area contributed by atoms with Crippen LogP contribution >= 0.6 is 11.6 Å². The Hall–Kier alpha value is -1.87. The number of nitrogen functional groups attached to an aromatic ring is 1. The third-order valence-corrected chi connectivity index (χ3v) is 2.40. The lowest BCUT2D eigenvalue weighted by Gasteiger charge is -2.03. The molecule has 3 nitrogen and oxygen atoms in total. The molecule has 16 heavy (non-hydrogen) atoms. The van der Waals surface area contributed by atoms with Crippen LogP contribution in [0.15, 0.2) is 42.6 Å². The Kier molecular flexibility index (Phi) is 2.88. The third kappa shape index (κ3) is 2.04. The summed E-state index contributed by atoms with van der Waals surface area (Å²) in [6, 6.07) is 10.0. The number of benzene rings is 1. The highest BCUT2D eigenvalue weighted by Crippen LogP contribution is 2.16. The van der Waals surface area contributed by atoms with Crippen molar-refractivity contribution >= 4 is 23.1 Å². The zero-order chi connectivity index (χ0) is 11.5. The highest BCUT2D eigenvalue weighted by molar-refractivity contribution is 6.31. The van der Waals surface area contributed by atoms with Gasteiger partial charge < -0.3 is 5.73 Å². The molecule has 0 atom stereocenters. The average molecular weight is 233 g/mol. The van der Waals surface area contributed by atoms with Crippen LogP contribution in [0.2, 0.25) is 5.02 Å². The molecule has 4 heteroatoms. The summed E-state index contributed by atoms with van der Waals surface area (Å²) >= 11 is 5.79. The van der Waals surface area contributed by atoms with Crippen molar-refractivity contribution in [3.8, 4) is 0 Å². The lowest BCUT2D eigenvalue weighted by molar-refractivity contribution is 0.103. The van der Waals surface area contributed by atoms with Gasteiger partial charge >= 0.3 is 0 Å². The number of carbonyl (C=O) groups excluding carboxylic acids is 1. The predicted molar refractivity (Wildman–Crippen MR) is 63.5 cm³/mol. The smallest absolute Gasteiger partial charge is 0.213 e. The number of carbonyl (C=O) groups is 1. The van der Waals surface area contributed by atoms with E-state index in [-0.39, 0.29) is 5.78 Å². The van der Waals surface area contributed by atoms with E-state index < -0.39 is 0 Å². The van der Waals surface area contributed by atoms with Gasteiger partial charge in [-0.2, -0.15) is 0 Å². The molecule has 1 heterocycles. The zero-order valence-electron chi connectivity index (χ0n) is 8.35. The fraction of sp³-hybridized carbons (Fsp3) is 0. The maximum Gasteiger partial charge on any atom is 0.213 e. The third-order valence-electron chi connectivity index (χ3n) is 2.16. The first-order valence-corrected chi connectivity index (χ1v) is 5.07. The van der Waals surface area contributed by atoms with Gasteiger partial charge in [0.2, 0.25) is 5.78 Å². The van der Waals surface area contributed by atoms with Gasteiger partial charge in [-0.05, 0) is 24.3 Å². The Morgan fingerprint density at radius 1 is 1.25 bits per heavy atom. The largest absolute Gasteiger partial charge is 0.398 e. The second-order valence-corrected chi connectivity index (χ2v) is 3.71. The van der Waals surface area contributed by atoms with Crippen molar-refractivity contribution in [3.05, 3.63) is 58.9 Å². The molecule has 0 unspecified atom stereocenters. The van der Waals surface area contributed by atoms with Gasteiger partial charge in [-0.15, -0.1) is 0 Å². The molecule has 0 fully saturated rings. The van der Waals surface area contributed by atoms with Gasteiger partial charge in [0.05, 0.1) is 0 Å². The molecule has 1 aromatic carbocycles. The van der Waals surface area contributed by atoms with E-state index in [1.165, 1.54) is 12.3 Å². The van der Waals surface area contributed by atoms with Gasteiger partial charge in [-0.1, -0.05) is 23.7 Å². The molecule has 2 aromatic rings. The van der Waals surface area contributed by atoms with E-state index in [0.29, 0.717) is 22.0 Å². The number of hydrogen-bond acceptors (Lipinski definition) is 3. The molecule has 2 N–H and O–H groups in total. The quantitative estimate of drug-likeness (QED) is 0.640. The van der Waals surface area contributed by atoms with E-state index in [4.69, 9.17) is 17.3 Å². The van der Waals surface area contributed by atoms with E-state index in [1.807, 2.05) is 0 Å².